The van der Waals surface area contributed by atoms with Crippen LogP contribution < -0.4 is 15.5 Å². The van der Waals surface area contributed by atoms with Crippen LogP contribution in [0, 0.1) is 0 Å². The third-order valence-corrected chi connectivity index (χ3v) is 5.48. The number of esters is 1. The standard InChI is InChI=1S/C24H16BrCl2N3O4/c25-17-10-11-20(34-21(31)12-9-15-5-2-1-3-6-15)16(13-17)14-28-30-24(33)23(32)29-19-8-4-7-18(26)22(19)27/h1-14H,(H,29,32)(H,30,33). The molecule has 0 saturated heterocycles. The average Bonchev–Trinajstić information content (AvgIpc) is 2.83. The highest BCUT2D eigenvalue weighted by molar-refractivity contribution is 9.10. The topological polar surface area (TPSA) is 96.9 Å². The van der Waals surface area contributed by atoms with Crippen LogP contribution in [-0.2, 0) is 14.4 Å². The fraction of sp³-hybridized carbons (Fsp3) is 0. The van der Waals surface area contributed by atoms with E-state index >= 15 is 0 Å². The molecule has 0 aliphatic carbocycles. The Morgan fingerprint density at radius 3 is 2.47 bits per heavy atom. The largest absolute Gasteiger partial charge is 0.423 e. The monoisotopic (exact) mass is 559 g/mol. The van der Waals surface area contributed by atoms with Gasteiger partial charge in [-0.25, -0.2) is 10.2 Å². The molecule has 3 rings (SSSR count). The van der Waals surface area contributed by atoms with Gasteiger partial charge in [0.2, 0.25) is 0 Å². The smallest absolute Gasteiger partial charge is 0.336 e. The number of hydrogen-bond donors (Lipinski definition) is 2. The van der Waals surface area contributed by atoms with E-state index in [1.807, 2.05) is 30.3 Å². The summed E-state index contributed by atoms with van der Waals surface area (Å²) in [5.74, 6) is -2.42. The Balaban J connectivity index is 1.63. The molecule has 0 spiro atoms. The maximum atomic E-state index is 12.2. The van der Waals surface area contributed by atoms with Crippen molar-refractivity contribution in [3.8, 4) is 5.75 Å². The minimum absolute atomic E-state index is 0.107. The molecule has 3 aromatic carbocycles. The van der Waals surface area contributed by atoms with Crippen molar-refractivity contribution in [2.45, 2.75) is 0 Å². The molecular formula is C24H16BrCl2N3O4. The highest BCUT2D eigenvalue weighted by atomic mass is 79.9. The van der Waals surface area contributed by atoms with Crippen molar-refractivity contribution in [3.63, 3.8) is 0 Å². The normalized spacial score (nSPS) is 10.9. The second-order valence-corrected chi connectivity index (χ2v) is 8.30. The van der Waals surface area contributed by atoms with Gasteiger partial charge < -0.3 is 10.1 Å². The Bertz CT molecular complexity index is 1280. The second kappa shape index (κ2) is 12.1. The first-order valence-corrected chi connectivity index (χ1v) is 11.2. The van der Waals surface area contributed by atoms with Crippen molar-refractivity contribution in [3.05, 3.63) is 98.5 Å². The van der Waals surface area contributed by atoms with Crippen molar-refractivity contribution >= 4 is 74.9 Å². The molecule has 0 aromatic heterocycles. The summed E-state index contributed by atoms with van der Waals surface area (Å²) in [7, 11) is 0. The summed E-state index contributed by atoms with van der Waals surface area (Å²) in [5.41, 5.74) is 3.52. The lowest BCUT2D eigenvalue weighted by Gasteiger charge is -2.07. The molecule has 0 fully saturated rings. The number of hydrazone groups is 1. The van der Waals surface area contributed by atoms with Crippen LogP contribution in [0.15, 0.2) is 82.4 Å². The highest BCUT2D eigenvalue weighted by Crippen LogP contribution is 2.29. The number of nitrogens with one attached hydrogen (secondary N) is 2. The Hall–Kier alpha value is -3.46. The number of halogens is 3. The molecule has 0 atom stereocenters. The number of rotatable bonds is 6. The van der Waals surface area contributed by atoms with Crippen LogP contribution in [0.1, 0.15) is 11.1 Å². The van der Waals surface area contributed by atoms with Crippen molar-refractivity contribution in [2.24, 2.45) is 5.10 Å². The van der Waals surface area contributed by atoms with E-state index in [1.165, 1.54) is 18.4 Å². The van der Waals surface area contributed by atoms with Gasteiger partial charge in [-0.2, -0.15) is 5.10 Å². The maximum Gasteiger partial charge on any atom is 0.336 e. The number of carbonyl (C=O) groups excluding carboxylic acids is 3. The van der Waals surface area contributed by atoms with Crippen molar-refractivity contribution in [1.29, 1.82) is 0 Å². The number of hydrogen-bond acceptors (Lipinski definition) is 5. The number of nitrogens with zero attached hydrogens (tertiary/aromatic N) is 1. The maximum absolute atomic E-state index is 12.2. The van der Waals surface area contributed by atoms with Crippen LogP contribution in [0.5, 0.6) is 5.75 Å². The summed E-state index contributed by atoms with van der Waals surface area (Å²) < 4.78 is 6.06. The van der Waals surface area contributed by atoms with E-state index in [9.17, 15) is 14.4 Å². The molecule has 0 unspecified atom stereocenters. The van der Waals surface area contributed by atoms with Crippen LogP contribution in [0.2, 0.25) is 10.0 Å². The third-order valence-electron chi connectivity index (χ3n) is 4.17. The number of amides is 2. The molecule has 0 heterocycles. The first-order chi connectivity index (χ1) is 16.3. The van der Waals surface area contributed by atoms with Gasteiger partial charge in [-0.3, -0.25) is 9.59 Å². The van der Waals surface area contributed by atoms with Gasteiger partial charge in [-0.15, -0.1) is 0 Å². The summed E-state index contributed by atoms with van der Waals surface area (Å²) in [6, 6.07) is 18.8. The molecule has 0 radical (unpaired) electrons. The van der Waals surface area contributed by atoms with E-state index < -0.39 is 17.8 Å². The van der Waals surface area contributed by atoms with Gasteiger partial charge in [0.15, 0.2) is 0 Å². The summed E-state index contributed by atoms with van der Waals surface area (Å²) >= 11 is 15.2. The zero-order chi connectivity index (χ0) is 24.5. The van der Waals surface area contributed by atoms with Gasteiger partial charge in [0, 0.05) is 16.1 Å². The second-order valence-electron chi connectivity index (χ2n) is 6.60. The summed E-state index contributed by atoms with van der Waals surface area (Å²) in [4.78, 5) is 36.4. The SMILES string of the molecule is O=C(C=Cc1ccccc1)Oc1ccc(Br)cc1C=NNC(=O)C(=O)Nc1cccc(Cl)c1Cl. The predicted octanol–water partition coefficient (Wildman–Crippen LogP) is 5.46. The van der Waals surface area contributed by atoms with Gasteiger partial charge in [0.05, 0.1) is 21.9 Å². The van der Waals surface area contributed by atoms with Crippen molar-refractivity contribution in [2.75, 3.05) is 5.32 Å². The van der Waals surface area contributed by atoms with Crippen LogP contribution in [-0.4, -0.2) is 24.0 Å². The zero-order valence-corrected chi connectivity index (χ0v) is 20.4. The lowest BCUT2D eigenvalue weighted by atomic mass is 10.2. The molecule has 10 heteroatoms. The highest BCUT2D eigenvalue weighted by Gasteiger charge is 2.15. The van der Waals surface area contributed by atoms with Gasteiger partial charge in [-0.1, -0.05) is 75.5 Å². The first kappa shape index (κ1) is 25.2. The Morgan fingerprint density at radius 1 is 0.941 bits per heavy atom. The first-order valence-electron chi connectivity index (χ1n) is 9.66. The van der Waals surface area contributed by atoms with E-state index in [2.05, 4.69) is 31.8 Å². The molecule has 0 saturated carbocycles. The van der Waals surface area contributed by atoms with E-state index in [4.69, 9.17) is 27.9 Å². The van der Waals surface area contributed by atoms with E-state index in [-0.39, 0.29) is 21.5 Å². The quantitative estimate of drug-likeness (QED) is 0.104. The van der Waals surface area contributed by atoms with Gasteiger partial charge in [0.25, 0.3) is 0 Å². The molecule has 2 amide bonds. The fourth-order valence-electron chi connectivity index (χ4n) is 2.57. The predicted molar refractivity (Wildman–Crippen MR) is 136 cm³/mol. The summed E-state index contributed by atoms with van der Waals surface area (Å²) in [6.45, 7) is 0. The molecule has 0 aliphatic heterocycles. The van der Waals surface area contributed by atoms with Gasteiger partial charge in [-0.05, 0) is 42.0 Å². The zero-order valence-electron chi connectivity index (χ0n) is 17.3. The van der Waals surface area contributed by atoms with E-state index in [1.54, 1.807) is 36.4 Å². The number of carbonyl (C=O) groups is 3. The molecule has 0 aliphatic rings. The fourth-order valence-corrected chi connectivity index (χ4v) is 3.30. The molecule has 34 heavy (non-hydrogen) atoms. The Morgan fingerprint density at radius 2 is 1.71 bits per heavy atom. The van der Waals surface area contributed by atoms with Crippen LogP contribution in [0.3, 0.4) is 0 Å². The summed E-state index contributed by atoms with van der Waals surface area (Å²) in [5, 5.41) is 6.46. The van der Waals surface area contributed by atoms with Crippen LogP contribution >= 0.6 is 39.1 Å². The van der Waals surface area contributed by atoms with E-state index in [0.717, 1.165) is 5.56 Å². The molecule has 0 bridgehead atoms. The lowest BCUT2D eigenvalue weighted by molar-refractivity contribution is -0.136. The molecule has 172 valence electrons. The lowest BCUT2D eigenvalue weighted by Crippen LogP contribution is -2.32. The van der Waals surface area contributed by atoms with Gasteiger partial charge in [0.1, 0.15) is 5.75 Å². The average molecular weight is 561 g/mol. The molecule has 2 N–H and O–H groups in total. The van der Waals surface area contributed by atoms with Crippen molar-refractivity contribution < 1.29 is 19.1 Å². The molecule has 7 nitrogen and oxygen atoms in total. The molecule has 3 aromatic rings. The number of benzene rings is 3. The van der Waals surface area contributed by atoms with E-state index in [0.29, 0.717) is 10.0 Å². The number of anilines is 1. The molecular weight excluding hydrogens is 545 g/mol. The number of ether oxygens (including phenoxy) is 1. The third kappa shape index (κ3) is 7.28. The Labute approximate surface area is 213 Å². The minimum atomic E-state index is -1.04. The van der Waals surface area contributed by atoms with Gasteiger partial charge >= 0.3 is 17.8 Å². The van der Waals surface area contributed by atoms with Crippen LogP contribution in [0.4, 0.5) is 5.69 Å². The minimum Gasteiger partial charge on any atom is -0.423 e. The van der Waals surface area contributed by atoms with Crippen LogP contribution in [0.25, 0.3) is 6.08 Å². The summed E-state index contributed by atoms with van der Waals surface area (Å²) in [6.07, 6.45) is 4.16. The Kier molecular flexibility index (Phi) is 8.98. The van der Waals surface area contributed by atoms with Crippen molar-refractivity contribution in [1.82, 2.24) is 5.43 Å².